The second-order valence-corrected chi connectivity index (χ2v) is 5.82. The van der Waals surface area contributed by atoms with Gasteiger partial charge in [0, 0.05) is 11.6 Å². The number of pyridine rings is 1. The third-order valence-electron chi connectivity index (χ3n) is 2.58. The minimum atomic E-state index is -3.35. The van der Waals surface area contributed by atoms with Crippen LogP contribution in [0.3, 0.4) is 0 Å². The van der Waals surface area contributed by atoms with E-state index in [2.05, 4.69) is 9.71 Å². The first kappa shape index (κ1) is 12.6. The number of anilines is 1. The van der Waals surface area contributed by atoms with Crippen LogP contribution in [0.25, 0.3) is 10.9 Å². The Hall–Kier alpha value is -1.82. The number of hydrogen-bond donors (Lipinski definition) is 1. The molecule has 0 radical (unpaired) electrons. The number of rotatable bonds is 3. The molecule has 1 aromatic carbocycles. The normalized spacial score (nSPS) is 11.5. The van der Waals surface area contributed by atoms with E-state index in [1.54, 1.807) is 18.3 Å². The maximum Gasteiger partial charge on any atom is 0.229 e. The quantitative estimate of drug-likeness (QED) is 0.921. The van der Waals surface area contributed by atoms with Gasteiger partial charge in [-0.15, -0.1) is 0 Å². The molecule has 6 heteroatoms. The van der Waals surface area contributed by atoms with Gasteiger partial charge in [-0.2, -0.15) is 0 Å². The Morgan fingerprint density at radius 1 is 1.33 bits per heavy atom. The lowest BCUT2D eigenvalue weighted by molar-refractivity contribution is 0.417. The highest BCUT2D eigenvalue weighted by Crippen LogP contribution is 2.31. The highest BCUT2D eigenvalue weighted by Gasteiger charge is 2.11. The summed E-state index contributed by atoms with van der Waals surface area (Å²) in [5.74, 6) is 0.476. The van der Waals surface area contributed by atoms with Crippen molar-refractivity contribution in [3.8, 4) is 5.75 Å². The fourth-order valence-electron chi connectivity index (χ4n) is 1.76. The second kappa shape index (κ2) is 4.45. The van der Waals surface area contributed by atoms with Crippen molar-refractivity contribution in [1.82, 2.24) is 4.98 Å². The van der Waals surface area contributed by atoms with E-state index in [0.29, 0.717) is 11.4 Å². The van der Waals surface area contributed by atoms with Gasteiger partial charge in [-0.05, 0) is 30.7 Å². The van der Waals surface area contributed by atoms with Crippen molar-refractivity contribution < 1.29 is 13.2 Å². The van der Waals surface area contributed by atoms with Crippen LogP contribution in [-0.4, -0.2) is 26.8 Å². The predicted octanol–water partition coefficient (Wildman–Crippen LogP) is 1.92. The molecule has 1 aromatic heterocycles. The monoisotopic (exact) mass is 266 g/mol. The molecule has 96 valence electrons. The highest BCUT2D eigenvalue weighted by atomic mass is 32.2. The van der Waals surface area contributed by atoms with Gasteiger partial charge >= 0.3 is 0 Å². The smallest absolute Gasteiger partial charge is 0.229 e. The number of nitrogens with zero attached hydrogens (tertiary/aromatic N) is 1. The molecule has 2 rings (SSSR count). The second-order valence-electron chi connectivity index (χ2n) is 4.07. The summed E-state index contributed by atoms with van der Waals surface area (Å²) in [5, 5.41) is 0.938. The number of fused-ring (bicyclic) bond motifs is 1. The summed E-state index contributed by atoms with van der Waals surface area (Å²) in [7, 11) is -1.85. The Kier molecular flexibility index (Phi) is 3.13. The van der Waals surface area contributed by atoms with Gasteiger partial charge in [-0.25, -0.2) is 8.42 Å². The van der Waals surface area contributed by atoms with Crippen molar-refractivity contribution in [2.24, 2.45) is 0 Å². The Labute approximate surface area is 106 Å². The molecule has 0 saturated heterocycles. The topological polar surface area (TPSA) is 68.3 Å². The van der Waals surface area contributed by atoms with Crippen molar-refractivity contribution in [3.63, 3.8) is 0 Å². The van der Waals surface area contributed by atoms with Gasteiger partial charge in [0.2, 0.25) is 10.0 Å². The van der Waals surface area contributed by atoms with E-state index in [4.69, 9.17) is 4.74 Å². The van der Waals surface area contributed by atoms with Gasteiger partial charge in [0.05, 0.1) is 24.6 Å². The molecule has 0 aliphatic carbocycles. The zero-order chi connectivity index (χ0) is 13.3. The largest absolute Gasteiger partial charge is 0.495 e. The molecule has 0 aliphatic heterocycles. The molecular weight excluding hydrogens is 252 g/mol. The van der Waals surface area contributed by atoms with Crippen molar-refractivity contribution in [3.05, 3.63) is 30.0 Å². The van der Waals surface area contributed by atoms with Crippen LogP contribution in [0.4, 0.5) is 5.69 Å². The first-order valence-corrected chi connectivity index (χ1v) is 7.21. The summed E-state index contributed by atoms with van der Waals surface area (Å²) in [6, 6.07) is 5.35. The van der Waals surface area contributed by atoms with E-state index in [9.17, 15) is 8.42 Å². The molecule has 2 aromatic rings. The molecule has 5 nitrogen and oxygen atoms in total. The van der Waals surface area contributed by atoms with Gasteiger partial charge in [-0.1, -0.05) is 0 Å². The predicted molar refractivity (Wildman–Crippen MR) is 71.5 cm³/mol. The molecule has 0 saturated carbocycles. The Bertz CT molecular complexity index is 696. The third-order valence-corrected chi connectivity index (χ3v) is 3.17. The Balaban J connectivity index is 2.67. The molecule has 1 heterocycles. The number of benzene rings is 1. The van der Waals surface area contributed by atoms with Gasteiger partial charge < -0.3 is 4.74 Å². The summed E-state index contributed by atoms with van der Waals surface area (Å²) in [4.78, 5) is 4.22. The van der Waals surface area contributed by atoms with E-state index in [0.717, 1.165) is 22.7 Å². The Morgan fingerprint density at radius 3 is 2.67 bits per heavy atom. The van der Waals surface area contributed by atoms with Gasteiger partial charge in [0.15, 0.2) is 0 Å². The van der Waals surface area contributed by atoms with Gasteiger partial charge in [0.1, 0.15) is 5.75 Å². The molecule has 0 unspecified atom stereocenters. The number of aryl methyl sites for hydroxylation is 1. The van der Waals surface area contributed by atoms with E-state index < -0.39 is 10.0 Å². The van der Waals surface area contributed by atoms with Crippen molar-refractivity contribution in [2.75, 3.05) is 18.1 Å². The summed E-state index contributed by atoms with van der Waals surface area (Å²) in [5.41, 5.74) is 2.18. The zero-order valence-corrected chi connectivity index (χ0v) is 11.2. The summed E-state index contributed by atoms with van der Waals surface area (Å²) in [6.07, 6.45) is 2.79. The molecule has 0 atom stereocenters. The summed E-state index contributed by atoms with van der Waals surface area (Å²) in [6.45, 7) is 1.97. The lowest BCUT2D eigenvalue weighted by atomic mass is 10.1. The van der Waals surface area contributed by atoms with E-state index >= 15 is 0 Å². The van der Waals surface area contributed by atoms with Crippen LogP contribution in [-0.2, 0) is 10.0 Å². The number of sulfonamides is 1. The molecule has 0 fully saturated rings. The zero-order valence-electron chi connectivity index (χ0n) is 10.4. The van der Waals surface area contributed by atoms with Crippen LogP contribution in [0.2, 0.25) is 0 Å². The standard InChI is InChI=1S/C12H14N2O3S/c1-8-4-5-13-10-7-11(14-18(3,15)16)12(17-2)6-9(8)10/h4-7,14H,1-3H3. The van der Waals surface area contributed by atoms with Crippen LogP contribution >= 0.6 is 0 Å². The Morgan fingerprint density at radius 2 is 2.06 bits per heavy atom. The lowest BCUT2D eigenvalue weighted by Gasteiger charge is -2.11. The molecule has 18 heavy (non-hydrogen) atoms. The maximum atomic E-state index is 11.3. The molecule has 0 aliphatic rings. The molecule has 0 bridgehead atoms. The lowest BCUT2D eigenvalue weighted by Crippen LogP contribution is -2.10. The van der Waals surface area contributed by atoms with Crippen LogP contribution in [0.5, 0.6) is 5.75 Å². The average molecular weight is 266 g/mol. The highest BCUT2D eigenvalue weighted by molar-refractivity contribution is 7.92. The van der Waals surface area contributed by atoms with E-state index in [1.165, 1.54) is 7.11 Å². The van der Waals surface area contributed by atoms with Crippen molar-refractivity contribution >= 4 is 26.6 Å². The fourth-order valence-corrected chi connectivity index (χ4v) is 2.32. The number of methoxy groups -OCH3 is 1. The summed E-state index contributed by atoms with van der Waals surface area (Å²) >= 11 is 0. The molecular formula is C12H14N2O3S. The molecule has 0 spiro atoms. The van der Waals surface area contributed by atoms with Gasteiger partial charge in [-0.3, -0.25) is 9.71 Å². The SMILES string of the molecule is COc1cc2c(C)ccnc2cc1NS(C)(=O)=O. The van der Waals surface area contributed by atoms with Gasteiger partial charge in [0.25, 0.3) is 0 Å². The van der Waals surface area contributed by atoms with Crippen LogP contribution in [0.15, 0.2) is 24.4 Å². The number of ether oxygens (including phenoxy) is 1. The van der Waals surface area contributed by atoms with Crippen molar-refractivity contribution in [2.45, 2.75) is 6.92 Å². The van der Waals surface area contributed by atoms with Crippen LogP contribution < -0.4 is 9.46 Å². The minimum absolute atomic E-state index is 0.394. The first-order chi connectivity index (χ1) is 8.40. The first-order valence-electron chi connectivity index (χ1n) is 5.32. The average Bonchev–Trinajstić information content (AvgIpc) is 2.26. The molecule has 0 amide bonds. The summed E-state index contributed by atoms with van der Waals surface area (Å²) < 4.78 is 30.2. The molecule has 1 N–H and O–H groups in total. The van der Waals surface area contributed by atoms with E-state index in [-0.39, 0.29) is 0 Å². The van der Waals surface area contributed by atoms with Crippen LogP contribution in [0, 0.1) is 6.92 Å². The number of hydrogen-bond acceptors (Lipinski definition) is 4. The van der Waals surface area contributed by atoms with E-state index in [1.807, 2.05) is 13.0 Å². The minimum Gasteiger partial charge on any atom is -0.495 e. The third kappa shape index (κ3) is 2.53. The number of nitrogens with one attached hydrogen (secondary N) is 1. The maximum absolute atomic E-state index is 11.3. The number of aromatic nitrogens is 1. The van der Waals surface area contributed by atoms with Crippen molar-refractivity contribution in [1.29, 1.82) is 0 Å². The van der Waals surface area contributed by atoms with Crippen LogP contribution in [0.1, 0.15) is 5.56 Å². The fraction of sp³-hybridized carbons (Fsp3) is 0.250.